The summed E-state index contributed by atoms with van der Waals surface area (Å²) in [5, 5.41) is 7.32. The van der Waals surface area contributed by atoms with Gasteiger partial charge in [-0.3, -0.25) is 5.41 Å². The summed E-state index contributed by atoms with van der Waals surface area (Å²) in [4.78, 5) is 0. The predicted molar refractivity (Wildman–Crippen MR) is 92.3 cm³/mol. The third kappa shape index (κ3) is 5.79. The molecule has 0 amide bonds. The van der Waals surface area contributed by atoms with Crippen LogP contribution in [0.5, 0.6) is 0 Å². The fourth-order valence-corrected chi connectivity index (χ4v) is 2.36. The van der Waals surface area contributed by atoms with Crippen LogP contribution in [-0.4, -0.2) is 17.5 Å². The molecule has 0 saturated heterocycles. The maximum absolute atomic E-state index is 7.19. The molecule has 3 N–H and O–H groups in total. The van der Waals surface area contributed by atoms with Crippen LogP contribution in [0.4, 0.5) is 0 Å². The molecule has 5 heteroatoms. The average Bonchev–Trinajstić information content (AvgIpc) is 2.49. The molecule has 0 spiro atoms. The molecule has 0 aliphatic rings. The van der Waals surface area contributed by atoms with Gasteiger partial charge in [0.2, 0.25) is 0 Å². The highest BCUT2D eigenvalue weighted by molar-refractivity contribution is 8.13. The lowest BCUT2D eigenvalue weighted by molar-refractivity contribution is 0.0936. The van der Waals surface area contributed by atoms with Crippen molar-refractivity contribution in [3.8, 4) is 0 Å². The van der Waals surface area contributed by atoms with Gasteiger partial charge in [-0.05, 0) is 11.1 Å². The highest BCUT2D eigenvalue weighted by Gasteiger charge is 2.13. The monoisotopic (exact) mass is 322 g/mol. The Morgan fingerprint density at radius 3 is 1.90 bits per heavy atom. The van der Waals surface area contributed by atoms with Crippen LogP contribution in [0.25, 0.3) is 0 Å². The van der Waals surface area contributed by atoms with E-state index in [1.165, 1.54) is 11.8 Å². The van der Waals surface area contributed by atoms with Crippen LogP contribution in [0, 0.1) is 5.41 Å². The van der Waals surface area contributed by atoms with Crippen molar-refractivity contribution in [2.45, 2.75) is 6.10 Å². The number of halogens is 1. The number of thioether (sulfide) groups is 1. The van der Waals surface area contributed by atoms with Gasteiger partial charge < -0.3 is 10.5 Å². The summed E-state index contributed by atoms with van der Waals surface area (Å²) < 4.78 is 5.99. The molecule has 2 aromatic carbocycles. The van der Waals surface area contributed by atoms with Gasteiger partial charge in [-0.25, -0.2) is 0 Å². The zero-order valence-corrected chi connectivity index (χ0v) is 13.2. The molecule has 0 unspecified atom stereocenters. The molecule has 0 atom stereocenters. The highest BCUT2D eigenvalue weighted by Crippen LogP contribution is 2.25. The minimum Gasteiger partial charge on any atom is -0.379 e. The standard InChI is InChI=1S/C16H18N2OS.ClH/c17-16(18)20-12-11-19-15(13-7-3-1-4-8-13)14-9-5-2-6-10-14;/h1-10,15H,11-12H2,(H3,17,18);1H. The first kappa shape index (κ1) is 17.6. The molecule has 21 heavy (non-hydrogen) atoms. The van der Waals surface area contributed by atoms with Gasteiger partial charge in [-0.1, -0.05) is 72.4 Å². The normalized spacial score (nSPS) is 10.1. The van der Waals surface area contributed by atoms with Crippen LogP contribution in [0.15, 0.2) is 60.7 Å². The Bertz CT molecular complexity index is 497. The van der Waals surface area contributed by atoms with Gasteiger partial charge in [0.1, 0.15) is 6.10 Å². The maximum Gasteiger partial charge on any atom is 0.151 e. The van der Waals surface area contributed by atoms with Crippen LogP contribution in [0.2, 0.25) is 0 Å². The van der Waals surface area contributed by atoms with Crippen LogP contribution in [0.3, 0.4) is 0 Å². The molecule has 0 saturated carbocycles. The number of ether oxygens (including phenoxy) is 1. The third-order valence-electron chi connectivity index (χ3n) is 2.83. The number of benzene rings is 2. The topological polar surface area (TPSA) is 59.1 Å². The molecular formula is C16H19ClN2OS. The number of nitrogens with two attached hydrogens (primary N) is 1. The van der Waals surface area contributed by atoms with E-state index in [0.29, 0.717) is 12.4 Å². The molecule has 0 fully saturated rings. The Morgan fingerprint density at radius 1 is 1.00 bits per heavy atom. The van der Waals surface area contributed by atoms with Crippen molar-refractivity contribution in [3.05, 3.63) is 71.8 Å². The first-order valence-corrected chi connectivity index (χ1v) is 7.44. The second kappa shape index (κ2) is 9.45. The summed E-state index contributed by atoms with van der Waals surface area (Å²) in [6.07, 6.45) is -0.0787. The van der Waals surface area contributed by atoms with E-state index in [4.69, 9.17) is 15.9 Å². The highest BCUT2D eigenvalue weighted by atomic mass is 35.5. The first-order valence-electron chi connectivity index (χ1n) is 6.45. The Hall–Kier alpha value is -1.49. The van der Waals surface area contributed by atoms with Crippen molar-refractivity contribution in [2.24, 2.45) is 5.73 Å². The second-order valence-electron chi connectivity index (χ2n) is 4.28. The lowest BCUT2D eigenvalue weighted by Gasteiger charge is -2.18. The SMILES string of the molecule is Cl.N=C(N)SCCOC(c1ccccc1)c1ccccc1. The van der Waals surface area contributed by atoms with Crippen LogP contribution in [-0.2, 0) is 4.74 Å². The van der Waals surface area contributed by atoms with Crippen LogP contribution < -0.4 is 5.73 Å². The second-order valence-corrected chi connectivity index (χ2v) is 5.42. The van der Waals surface area contributed by atoms with Crippen molar-refractivity contribution >= 4 is 29.3 Å². The van der Waals surface area contributed by atoms with Gasteiger partial charge in [0.05, 0.1) is 6.61 Å². The molecule has 0 radical (unpaired) electrons. The Balaban J connectivity index is 0.00000220. The summed E-state index contributed by atoms with van der Waals surface area (Å²) in [6, 6.07) is 20.3. The minimum atomic E-state index is -0.0787. The van der Waals surface area contributed by atoms with Crippen molar-refractivity contribution in [1.82, 2.24) is 0 Å². The molecule has 2 aromatic rings. The smallest absolute Gasteiger partial charge is 0.151 e. The molecule has 0 heterocycles. The predicted octanol–water partition coefficient (Wildman–Crippen LogP) is 3.84. The number of amidine groups is 1. The summed E-state index contributed by atoms with van der Waals surface area (Å²) in [5.74, 6) is 0.686. The minimum absolute atomic E-state index is 0. The first-order chi connectivity index (χ1) is 9.77. The number of hydrogen-bond donors (Lipinski definition) is 2. The van der Waals surface area contributed by atoms with Crippen LogP contribution >= 0.6 is 24.2 Å². The third-order valence-corrected chi connectivity index (χ3v) is 3.51. The van der Waals surface area contributed by atoms with Gasteiger partial charge in [-0.2, -0.15) is 0 Å². The lowest BCUT2D eigenvalue weighted by Crippen LogP contribution is -2.11. The number of hydrogen-bond acceptors (Lipinski definition) is 3. The maximum atomic E-state index is 7.19. The fraction of sp³-hybridized carbons (Fsp3) is 0.188. The van der Waals surface area contributed by atoms with E-state index in [0.717, 1.165) is 11.1 Å². The van der Waals surface area contributed by atoms with Crippen molar-refractivity contribution < 1.29 is 4.74 Å². The molecule has 112 valence electrons. The van der Waals surface area contributed by atoms with E-state index in [9.17, 15) is 0 Å². The lowest BCUT2D eigenvalue weighted by atomic mass is 10.0. The van der Waals surface area contributed by atoms with E-state index in [1.54, 1.807) is 0 Å². The Labute approximate surface area is 135 Å². The largest absolute Gasteiger partial charge is 0.379 e. The van der Waals surface area contributed by atoms with Crippen molar-refractivity contribution in [3.63, 3.8) is 0 Å². The molecular weight excluding hydrogens is 304 g/mol. The van der Waals surface area contributed by atoms with Crippen molar-refractivity contribution in [2.75, 3.05) is 12.4 Å². The van der Waals surface area contributed by atoms with Gasteiger partial charge in [0, 0.05) is 5.75 Å². The van der Waals surface area contributed by atoms with Gasteiger partial charge in [0.15, 0.2) is 5.17 Å². The number of nitrogens with one attached hydrogen (secondary N) is 1. The summed E-state index contributed by atoms with van der Waals surface area (Å²) in [5.41, 5.74) is 7.58. The van der Waals surface area contributed by atoms with Gasteiger partial charge >= 0.3 is 0 Å². The zero-order valence-electron chi connectivity index (χ0n) is 11.6. The molecule has 0 aromatic heterocycles. The summed E-state index contributed by atoms with van der Waals surface area (Å²) in [7, 11) is 0. The van der Waals surface area contributed by atoms with E-state index in [-0.39, 0.29) is 23.7 Å². The van der Waals surface area contributed by atoms with E-state index >= 15 is 0 Å². The average molecular weight is 323 g/mol. The van der Waals surface area contributed by atoms with E-state index < -0.39 is 0 Å². The van der Waals surface area contributed by atoms with E-state index in [1.807, 2.05) is 36.4 Å². The molecule has 0 aliphatic carbocycles. The quantitative estimate of drug-likeness (QED) is 0.482. The summed E-state index contributed by atoms with van der Waals surface area (Å²) >= 11 is 1.30. The Morgan fingerprint density at radius 2 is 1.48 bits per heavy atom. The van der Waals surface area contributed by atoms with E-state index in [2.05, 4.69) is 24.3 Å². The summed E-state index contributed by atoms with van der Waals surface area (Å²) in [6.45, 7) is 0.554. The molecule has 3 nitrogen and oxygen atoms in total. The molecule has 0 bridgehead atoms. The number of rotatable bonds is 6. The van der Waals surface area contributed by atoms with Gasteiger partial charge in [-0.15, -0.1) is 12.4 Å². The van der Waals surface area contributed by atoms with Crippen molar-refractivity contribution in [1.29, 1.82) is 5.41 Å². The van der Waals surface area contributed by atoms with Crippen LogP contribution in [0.1, 0.15) is 17.2 Å². The van der Waals surface area contributed by atoms with Gasteiger partial charge in [0.25, 0.3) is 0 Å². The molecule has 0 aliphatic heterocycles. The molecule has 2 rings (SSSR count). The zero-order chi connectivity index (χ0) is 14.2. The fourth-order valence-electron chi connectivity index (χ4n) is 1.96. The Kier molecular flexibility index (Phi) is 7.90.